The third kappa shape index (κ3) is 6.45. The van der Waals surface area contributed by atoms with Crippen molar-refractivity contribution in [2.75, 3.05) is 25.9 Å². The Morgan fingerprint density at radius 2 is 2.17 bits per heavy atom. The zero-order valence-corrected chi connectivity index (χ0v) is 14.9. The van der Waals surface area contributed by atoms with E-state index in [2.05, 4.69) is 15.0 Å². The smallest absolute Gasteiger partial charge is 0.317 e. The molecule has 0 spiro atoms. The molecule has 2 amide bonds. The molecule has 1 atom stereocenters. The summed E-state index contributed by atoms with van der Waals surface area (Å²) >= 11 is 0. The molecule has 0 aromatic carbocycles. The summed E-state index contributed by atoms with van der Waals surface area (Å²) in [6.45, 7) is 1.63. The largest absolute Gasteiger partial charge is 0.338 e. The van der Waals surface area contributed by atoms with Gasteiger partial charge in [-0.05, 0) is 37.8 Å². The number of hydrogen-bond donors (Lipinski definition) is 2. The van der Waals surface area contributed by atoms with Gasteiger partial charge in [-0.25, -0.2) is 17.9 Å². The minimum absolute atomic E-state index is 0.0741. The first-order valence-corrected chi connectivity index (χ1v) is 10.2. The average Bonchev–Trinajstić information content (AvgIpc) is 2.55. The number of piperidine rings is 1. The number of likely N-dealkylation sites (tertiary alicyclic amines) is 1. The number of hydrogen-bond acceptors (Lipinski definition) is 4. The average molecular weight is 354 g/mol. The molecule has 8 heteroatoms. The first-order valence-electron chi connectivity index (χ1n) is 8.35. The van der Waals surface area contributed by atoms with Gasteiger partial charge in [-0.2, -0.15) is 0 Å². The predicted molar refractivity (Wildman–Crippen MR) is 93.1 cm³/mol. The van der Waals surface area contributed by atoms with Gasteiger partial charge in [0.05, 0.1) is 6.26 Å². The SMILES string of the molecule is CS(=O)(=O)NCC[C@@H]1CCCCN1C(=O)NCCc1ccccn1. The highest BCUT2D eigenvalue weighted by Gasteiger charge is 2.26. The van der Waals surface area contributed by atoms with E-state index in [0.29, 0.717) is 25.9 Å². The van der Waals surface area contributed by atoms with E-state index in [-0.39, 0.29) is 12.1 Å². The van der Waals surface area contributed by atoms with E-state index < -0.39 is 10.0 Å². The van der Waals surface area contributed by atoms with Crippen molar-refractivity contribution in [1.82, 2.24) is 19.9 Å². The Labute approximate surface area is 143 Å². The lowest BCUT2D eigenvalue weighted by atomic mass is 10.00. The quantitative estimate of drug-likeness (QED) is 0.768. The number of rotatable bonds is 7. The lowest BCUT2D eigenvalue weighted by Gasteiger charge is -2.35. The topological polar surface area (TPSA) is 91.4 Å². The Balaban J connectivity index is 1.79. The number of carbonyl (C=O) groups excluding carboxylic acids is 1. The second kappa shape index (κ2) is 8.98. The van der Waals surface area contributed by atoms with Crippen LogP contribution in [-0.2, 0) is 16.4 Å². The van der Waals surface area contributed by atoms with Crippen LogP contribution in [0.5, 0.6) is 0 Å². The molecule has 2 rings (SSSR count). The molecule has 7 nitrogen and oxygen atoms in total. The van der Waals surface area contributed by atoms with E-state index in [1.807, 2.05) is 23.1 Å². The fourth-order valence-electron chi connectivity index (χ4n) is 2.92. The van der Waals surface area contributed by atoms with Crippen LogP contribution in [0.3, 0.4) is 0 Å². The van der Waals surface area contributed by atoms with Gasteiger partial charge < -0.3 is 10.2 Å². The van der Waals surface area contributed by atoms with Gasteiger partial charge in [0.15, 0.2) is 0 Å². The molecule has 1 aromatic heterocycles. The molecule has 1 aromatic rings. The maximum atomic E-state index is 12.4. The van der Waals surface area contributed by atoms with Crippen LogP contribution < -0.4 is 10.0 Å². The maximum Gasteiger partial charge on any atom is 0.317 e. The van der Waals surface area contributed by atoms with Gasteiger partial charge in [0, 0.05) is 44.0 Å². The standard InChI is InChI=1S/C16H26N4O3S/c1-24(22,23)19-12-9-15-7-3-5-13-20(15)16(21)18-11-8-14-6-2-4-10-17-14/h2,4,6,10,15,19H,3,5,7-9,11-13H2,1H3,(H,18,21)/t15-/m0/s1. The van der Waals surface area contributed by atoms with Gasteiger partial charge in [-0.1, -0.05) is 6.07 Å². The fraction of sp³-hybridized carbons (Fsp3) is 0.625. The first kappa shape index (κ1) is 18.7. The van der Waals surface area contributed by atoms with Crippen LogP contribution in [-0.4, -0.2) is 56.3 Å². The van der Waals surface area contributed by atoms with Crippen molar-refractivity contribution in [3.63, 3.8) is 0 Å². The van der Waals surface area contributed by atoms with E-state index in [1.54, 1.807) is 6.20 Å². The Morgan fingerprint density at radius 1 is 1.33 bits per heavy atom. The number of carbonyl (C=O) groups is 1. The molecule has 1 fully saturated rings. The first-order chi connectivity index (χ1) is 11.5. The minimum Gasteiger partial charge on any atom is -0.338 e. The number of nitrogens with zero attached hydrogens (tertiary/aromatic N) is 2. The van der Waals surface area contributed by atoms with Gasteiger partial charge in [0.25, 0.3) is 0 Å². The van der Waals surface area contributed by atoms with Crippen LogP contribution in [0.25, 0.3) is 0 Å². The second-order valence-corrected chi connectivity index (χ2v) is 7.93. The van der Waals surface area contributed by atoms with Crippen molar-refractivity contribution in [2.45, 2.75) is 38.1 Å². The predicted octanol–water partition coefficient (Wildman–Crippen LogP) is 1.13. The normalized spacial score (nSPS) is 18.4. The molecule has 0 unspecified atom stereocenters. The van der Waals surface area contributed by atoms with Crippen molar-refractivity contribution in [2.24, 2.45) is 0 Å². The molecule has 0 radical (unpaired) electrons. The number of sulfonamides is 1. The lowest BCUT2D eigenvalue weighted by molar-refractivity contribution is 0.147. The van der Waals surface area contributed by atoms with Gasteiger partial charge in [-0.3, -0.25) is 4.98 Å². The van der Waals surface area contributed by atoms with Gasteiger partial charge >= 0.3 is 6.03 Å². The highest BCUT2D eigenvalue weighted by molar-refractivity contribution is 7.88. The highest BCUT2D eigenvalue weighted by Crippen LogP contribution is 2.19. The number of nitrogens with one attached hydrogen (secondary N) is 2. The molecule has 2 N–H and O–H groups in total. The van der Waals surface area contributed by atoms with Gasteiger partial charge in [0.2, 0.25) is 10.0 Å². The number of amides is 2. The highest BCUT2D eigenvalue weighted by atomic mass is 32.2. The van der Waals surface area contributed by atoms with E-state index in [4.69, 9.17) is 0 Å². The zero-order chi connectivity index (χ0) is 17.4. The molecule has 134 valence electrons. The third-order valence-corrected chi connectivity index (χ3v) is 4.84. The van der Waals surface area contributed by atoms with Gasteiger partial charge in [0.1, 0.15) is 0 Å². The summed E-state index contributed by atoms with van der Waals surface area (Å²) in [6, 6.07) is 5.75. The van der Waals surface area contributed by atoms with E-state index in [0.717, 1.165) is 37.8 Å². The van der Waals surface area contributed by atoms with Crippen LogP contribution in [0.15, 0.2) is 24.4 Å². The Bertz CT molecular complexity index is 621. The molecule has 1 aliphatic rings. The van der Waals surface area contributed by atoms with Crippen LogP contribution >= 0.6 is 0 Å². The van der Waals surface area contributed by atoms with Crippen LogP contribution in [0, 0.1) is 0 Å². The zero-order valence-electron chi connectivity index (χ0n) is 14.1. The molecular weight excluding hydrogens is 328 g/mol. The molecule has 0 aliphatic carbocycles. The summed E-state index contributed by atoms with van der Waals surface area (Å²) in [7, 11) is -3.18. The summed E-state index contributed by atoms with van der Waals surface area (Å²) in [5, 5.41) is 2.95. The maximum absolute atomic E-state index is 12.4. The number of urea groups is 1. The minimum atomic E-state index is -3.18. The summed E-state index contributed by atoms with van der Waals surface area (Å²) in [5.41, 5.74) is 0.949. The van der Waals surface area contributed by atoms with Crippen molar-refractivity contribution in [3.8, 4) is 0 Å². The second-order valence-electron chi connectivity index (χ2n) is 6.10. The Hall–Kier alpha value is -1.67. The molecule has 0 saturated carbocycles. The molecule has 24 heavy (non-hydrogen) atoms. The fourth-order valence-corrected chi connectivity index (χ4v) is 3.41. The summed E-state index contributed by atoms with van der Waals surface area (Å²) in [4.78, 5) is 18.5. The van der Waals surface area contributed by atoms with Crippen molar-refractivity contribution in [3.05, 3.63) is 30.1 Å². The molecular formula is C16H26N4O3S. The summed E-state index contributed by atoms with van der Waals surface area (Å²) in [5.74, 6) is 0. The summed E-state index contributed by atoms with van der Waals surface area (Å²) in [6.07, 6.45) is 7.20. The van der Waals surface area contributed by atoms with Crippen LogP contribution in [0.2, 0.25) is 0 Å². The van der Waals surface area contributed by atoms with Crippen molar-refractivity contribution in [1.29, 1.82) is 0 Å². The van der Waals surface area contributed by atoms with Crippen LogP contribution in [0.1, 0.15) is 31.4 Å². The van der Waals surface area contributed by atoms with E-state index in [1.165, 1.54) is 0 Å². The number of aromatic nitrogens is 1. The Kier molecular flexibility index (Phi) is 6.99. The van der Waals surface area contributed by atoms with Crippen LogP contribution in [0.4, 0.5) is 4.79 Å². The molecule has 2 heterocycles. The monoisotopic (exact) mass is 354 g/mol. The van der Waals surface area contributed by atoms with Gasteiger partial charge in [-0.15, -0.1) is 0 Å². The number of pyridine rings is 1. The lowest BCUT2D eigenvalue weighted by Crippen LogP contribution is -2.50. The molecule has 0 bridgehead atoms. The molecule has 1 saturated heterocycles. The van der Waals surface area contributed by atoms with Crippen molar-refractivity contribution >= 4 is 16.1 Å². The van der Waals surface area contributed by atoms with E-state index >= 15 is 0 Å². The third-order valence-electron chi connectivity index (χ3n) is 4.11. The Morgan fingerprint density at radius 3 is 2.88 bits per heavy atom. The van der Waals surface area contributed by atoms with E-state index in [9.17, 15) is 13.2 Å². The molecule has 1 aliphatic heterocycles. The summed E-state index contributed by atoms with van der Waals surface area (Å²) < 4.78 is 24.8. The van der Waals surface area contributed by atoms with Crippen molar-refractivity contribution < 1.29 is 13.2 Å².